The monoisotopic (exact) mass is 360 g/mol. The van der Waals surface area contributed by atoms with E-state index in [9.17, 15) is 18.4 Å². The van der Waals surface area contributed by atoms with Crippen molar-refractivity contribution in [1.82, 2.24) is 10.2 Å². The lowest BCUT2D eigenvalue weighted by Crippen LogP contribution is -2.28. The number of nitrogens with zero attached hydrogens (tertiary/aromatic N) is 2. The maximum Gasteiger partial charge on any atom is 0.263 e. The average Bonchev–Trinajstić information content (AvgIpc) is 3.25. The third-order valence-electron chi connectivity index (χ3n) is 4.80. The molecule has 26 heavy (non-hydrogen) atoms. The average molecular weight is 360 g/mol. The lowest BCUT2D eigenvalue weighted by Gasteiger charge is -2.17. The summed E-state index contributed by atoms with van der Waals surface area (Å²) in [5.74, 6) is -0.142. The van der Waals surface area contributed by atoms with E-state index < -0.39 is 12.3 Å². The molecule has 0 spiro atoms. The Kier molecular flexibility index (Phi) is 4.18. The van der Waals surface area contributed by atoms with Gasteiger partial charge in [-0.05, 0) is 25.0 Å². The van der Waals surface area contributed by atoms with Crippen LogP contribution in [0, 0.1) is 5.92 Å². The highest BCUT2D eigenvalue weighted by Gasteiger charge is 2.36. The van der Waals surface area contributed by atoms with Gasteiger partial charge >= 0.3 is 0 Å². The molecule has 136 valence electrons. The standard InChI is InChI=1S/C18H18F2N4O2/c19-17(20)11-2-1-3-13(6-11)24-9-12(7-16(24)25)18(26)21-15-8-14(22-23-15)10-4-5-10/h1-3,6,8,10,12,17H,4-5,7,9H2,(H2,21,22,23,26). The van der Waals surface area contributed by atoms with E-state index in [-0.39, 0.29) is 30.3 Å². The zero-order valence-corrected chi connectivity index (χ0v) is 13.9. The number of hydrogen-bond acceptors (Lipinski definition) is 3. The number of H-pyrrole nitrogens is 1. The summed E-state index contributed by atoms with van der Waals surface area (Å²) in [6.07, 6.45) is -0.310. The summed E-state index contributed by atoms with van der Waals surface area (Å²) in [4.78, 5) is 26.1. The number of aromatic amines is 1. The van der Waals surface area contributed by atoms with Gasteiger partial charge in [0.25, 0.3) is 6.43 Å². The molecule has 4 rings (SSSR count). The van der Waals surface area contributed by atoms with Crippen LogP contribution < -0.4 is 10.2 Å². The van der Waals surface area contributed by atoms with Crippen molar-refractivity contribution in [3.8, 4) is 0 Å². The number of alkyl halides is 2. The summed E-state index contributed by atoms with van der Waals surface area (Å²) in [5, 5.41) is 9.72. The third kappa shape index (κ3) is 3.31. The maximum absolute atomic E-state index is 12.9. The van der Waals surface area contributed by atoms with E-state index in [1.165, 1.54) is 23.1 Å². The van der Waals surface area contributed by atoms with Crippen LogP contribution in [-0.2, 0) is 9.59 Å². The van der Waals surface area contributed by atoms with Gasteiger partial charge in [-0.1, -0.05) is 12.1 Å². The van der Waals surface area contributed by atoms with Crippen molar-refractivity contribution in [1.29, 1.82) is 0 Å². The molecule has 2 amide bonds. The van der Waals surface area contributed by atoms with Gasteiger partial charge < -0.3 is 10.2 Å². The minimum absolute atomic E-state index is 0.0463. The molecule has 2 N–H and O–H groups in total. The number of hydrogen-bond donors (Lipinski definition) is 2. The van der Waals surface area contributed by atoms with Crippen molar-refractivity contribution in [2.75, 3.05) is 16.8 Å². The second kappa shape index (κ2) is 6.51. The molecule has 1 saturated carbocycles. The van der Waals surface area contributed by atoms with E-state index in [4.69, 9.17) is 0 Å². The van der Waals surface area contributed by atoms with Gasteiger partial charge in [-0.25, -0.2) is 8.78 Å². The molecular weight excluding hydrogens is 342 g/mol. The molecule has 0 radical (unpaired) electrons. The van der Waals surface area contributed by atoms with Crippen LogP contribution in [0.4, 0.5) is 20.3 Å². The van der Waals surface area contributed by atoms with Crippen molar-refractivity contribution >= 4 is 23.3 Å². The first-order valence-electron chi connectivity index (χ1n) is 8.56. The molecule has 1 atom stereocenters. The SMILES string of the molecule is O=C(Nc1cc(C2CC2)[nH]n1)C1CC(=O)N(c2cccc(C(F)F)c2)C1. The van der Waals surface area contributed by atoms with Crippen molar-refractivity contribution in [3.05, 3.63) is 41.6 Å². The summed E-state index contributed by atoms with van der Waals surface area (Å²) in [6.45, 7) is 0.164. The van der Waals surface area contributed by atoms with Crippen molar-refractivity contribution in [3.63, 3.8) is 0 Å². The third-order valence-corrected chi connectivity index (χ3v) is 4.80. The van der Waals surface area contributed by atoms with E-state index in [0.717, 1.165) is 18.5 Å². The molecule has 1 saturated heterocycles. The highest BCUT2D eigenvalue weighted by atomic mass is 19.3. The molecule has 2 aliphatic rings. The van der Waals surface area contributed by atoms with Gasteiger partial charge in [-0.3, -0.25) is 14.7 Å². The molecular formula is C18H18F2N4O2. The Bertz CT molecular complexity index is 847. The molecule has 0 bridgehead atoms. The van der Waals surface area contributed by atoms with E-state index in [1.807, 2.05) is 6.07 Å². The van der Waals surface area contributed by atoms with Crippen LogP contribution in [0.5, 0.6) is 0 Å². The Morgan fingerprint density at radius 3 is 2.85 bits per heavy atom. The second-order valence-corrected chi connectivity index (χ2v) is 6.77. The van der Waals surface area contributed by atoms with Crippen LogP contribution >= 0.6 is 0 Å². The molecule has 1 unspecified atom stereocenters. The van der Waals surface area contributed by atoms with Crippen molar-refractivity contribution < 1.29 is 18.4 Å². The number of aromatic nitrogens is 2. The zero-order valence-electron chi connectivity index (χ0n) is 13.9. The molecule has 1 aliphatic carbocycles. The van der Waals surface area contributed by atoms with E-state index >= 15 is 0 Å². The Labute approximate surface area is 148 Å². The fraction of sp³-hybridized carbons (Fsp3) is 0.389. The van der Waals surface area contributed by atoms with Crippen LogP contribution in [0.3, 0.4) is 0 Å². The lowest BCUT2D eigenvalue weighted by atomic mass is 10.1. The van der Waals surface area contributed by atoms with Crippen LogP contribution in [-0.4, -0.2) is 28.6 Å². The molecule has 2 aromatic rings. The number of rotatable bonds is 5. The number of carbonyl (C=O) groups is 2. The van der Waals surface area contributed by atoms with Gasteiger partial charge in [0.05, 0.1) is 5.92 Å². The topological polar surface area (TPSA) is 78.1 Å². The van der Waals surface area contributed by atoms with Crippen LogP contribution in [0.2, 0.25) is 0 Å². The number of nitrogens with one attached hydrogen (secondary N) is 2. The van der Waals surface area contributed by atoms with Gasteiger partial charge in [0, 0.05) is 41.9 Å². The van der Waals surface area contributed by atoms with Crippen LogP contribution in [0.25, 0.3) is 0 Å². The Balaban J connectivity index is 1.43. The maximum atomic E-state index is 12.9. The van der Waals surface area contributed by atoms with E-state index in [0.29, 0.717) is 17.4 Å². The summed E-state index contributed by atoms with van der Waals surface area (Å²) in [7, 11) is 0. The van der Waals surface area contributed by atoms with Gasteiger partial charge in [-0.15, -0.1) is 0 Å². The number of halogens is 2. The van der Waals surface area contributed by atoms with Crippen molar-refractivity contribution in [2.45, 2.75) is 31.6 Å². The molecule has 1 aromatic heterocycles. The quantitative estimate of drug-likeness (QED) is 0.859. The number of anilines is 2. The lowest BCUT2D eigenvalue weighted by molar-refractivity contribution is -0.122. The highest BCUT2D eigenvalue weighted by molar-refractivity contribution is 6.03. The number of carbonyl (C=O) groups excluding carboxylic acids is 2. The molecule has 2 fully saturated rings. The largest absolute Gasteiger partial charge is 0.312 e. The summed E-state index contributed by atoms with van der Waals surface area (Å²) in [6, 6.07) is 7.50. The van der Waals surface area contributed by atoms with Crippen LogP contribution in [0.15, 0.2) is 30.3 Å². The van der Waals surface area contributed by atoms with Gasteiger partial charge in [0.2, 0.25) is 11.8 Å². The fourth-order valence-electron chi connectivity index (χ4n) is 3.19. The summed E-state index contributed by atoms with van der Waals surface area (Å²) < 4.78 is 25.7. The fourth-order valence-corrected chi connectivity index (χ4v) is 3.19. The highest BCUT2D eigenvalue weighted by Crippen LogP contribution is 2.39. The normalized spacial score (nSPS) is 20.0. The molecule has 6 nitrogen and oxygen atoms in total. The van der Waals surface area contributed by atoms with Crippen molar-refractivity contribution in [2.24, 2.45) is 5.92 Å². The predicted octanol–water partition coefficient (Wildman–Crippen LogP) is 3.22. The summed E-state index contributed by atoms with van der Waals surface area (Å²) >= 11 is 0. The van der Waals surface area contributed by atoms with E-state index in [2.05, 4.69) is 15.5 Å². The first-order valence-corrected chi connectivity index (χ1v) is 8.56. The Morgan fingerprint density at radius 1 is 1.31 bits per heavy atom. The molecule has 1 aliphatic heterocycles. The molecule has 1 aromatic carbocycles. The number of amides is 2. The first-order chi connectivity index (χ1) is 12.5. The van der Waals surface area contributed by atoms with Gasteiger partial charge in [0.1, 0.15) is 0 Å². The van der Waals surface area contributed by atoms with Gasteiger partial charge in [-0.2, -0.15) is 5.10 Å². The minimum atomic E-state index is -2.60. The molecule has 8 heteroatoms. The predicted molar refractivity (Wildman–Crippen MR) is 91.1 cm³/mol. The smallest absolute Gasteiger partial charge is 0.263 e. The van der Waals surface area contributed by atoms with Crippen LogP contribution in [0.1, 0.15) is 42.9 Å². The summed E-state index contributed by atoms with van der Waals surface area (Å²) in [5.41, 5.74) is 1.25. The molecule has 2 heterocycles. The minimum Gasteiger partial charge on any atom is -0.312 e. The first kappa shape index (κ1) is 16.7. The van der Waals surface area contributed by atoms with Gasteiger partial charge in [0.15, 0.2) is 5.82 Å². The zero-order chi connectivity index (χ0) is 18.3. The second-order valence-electron chi connectivity index (χ2n) is 6.77. The Morgan fingerprint density at radius 2 is 2.12 bits per heavy atom. The van der Waals surface area contributed by atoms with E-state index in [1.54, 1.807) is 6.07 Å². The number of benzene rings is 1. The Hall–Kier alpha value is -2.77.